The summed E-state index contributed by atoms with van der Waals surface area (Å²) in [5.41, 5.74) is 3.34. The molecule has 2 N–H and O–H groups in total. The van der Waals surface area contributed by atoms with Gasteiger partial charge in [-0.15, -0.1) is 0 Å². The molecule has 0 saturated carbocycles. The zero-order chi connectivity index (χ0) is 22.4. The first-order chi connectivity index (χ1) is 14.5. The van der Waals surface area contributed by atoms with E-state index in [1.807, 2.05) is 24.3 Å². The average Bonchev–Trinajstić information content (AvgIpc) is 2.99. The van der Waals surface area contributed by atoms with Gasteiger partial charge in [-0.2, -0.15) is 0 Å². The minimum Gasteiger partial charge on any atom is -0.382 e. The minimum atomic E-state index is -0.577. The van der Waals surface area contributed by atoms with Crippen LogP contribution in [0.25, 0.3) is 0 Å². The topological polar surface area (TPSA) is 56.7 Å². The van der Waals surface area contributed by atoms with Crippen LogP contribution in [0, 0.1) is 5.82 Å². The van der Waals surface area contributed by atoms with E-state index in [1.54, 1.807) is 12.3 Å². The largest absolute Gasteiger partial charge is 0.382 e. The fraction of sp³-hybridized carbons (Fsp3) is 0.440. The molecule has 0 spiro atoms. The van der Waals surface area contributed by atoms with E-state index in [9.17, 15) is 9.18 Å². The summed E-state index contributed by atoms with van der Waals surface area (Å²) in [7, 11) is 2.21. The van der Waals surface area contributed by atoms with E-state index >= 15 is 0 Å². The zero-order valence-corrected chi connectivity index (χ0v) is 18.9. The lowest BCUT2D eigenvalue weighted by atomic mass is 9.77. The Morgan fingerprint density at radius 2 is 1.74 bits per heavy atom. The van der Waals surface area contributed by atoms with Gasteiger partial charge in [0.25, 0.3) is 0 Å². The summed E-state index contributed by atoms with van der Waals surface area (Å²) in [5, 5.41) is 6.45. The molecule has 31 heavy (non-hydrogen) atoms. The molecule has 2 aliphatic heterocycles. The van der Waals surface area contributed by atoms with E-state index < -0.39 is 5.92 Å². The summed E-state index contributed by atoms with van der Waals surface area (Å²) in [4.78, 5) is 19.2. The van der Waals surface area contributed by atoms with Gasteiger partial charge in [-0.25, -0.2) is 4.39 Å². The molecule has 6 heteroatoms. The SMILES string of the molecule is CN1C(C)(C)CC(Nc2ccc(N=CC3C(=O)Nc4ccc(F)cc43)cc2)CC1(C)C. The van der Waals surface area contributed by atoms with Gasteiger partial charge in [0.15, 0.2) is 0 Å². The van der Waals surface area contributed by atoms with Crippen LogP contribution < -0.4 is 10.6 Å². The molecule has 0 aromatic heterocycles. The lowest BCUT2D eigenvalue weighted by Crippen LogP contribution is -2.61. The number of halogens is 1. The van der Waals surface area contributed by atoms with Gasteiger partial charge in [-0.05, 0) is 95.6 Å². The Hall–Kier alpha value is -2.73. The standard InChI is InChI=1S/C25H31FN4O/c1-24(2)13-19(14-25(3,4)30(24)5)28-18-9-7-17(8-10-18)27-15-21-20-12-16(26)6-11-22(20)29-23(21)31/h6-12,15,19,21,28H,13-14H2,1-5H3,(H,29,31). The normalized spacial score (nSPS) is 23.0. The Balaban J connectivity index is 1.44. The van der Waals surface area contributed by atoms with E-state index in [-0.39, 0.29) is 22.8 Å². The van der Waals surface area contributed by atoms with Crippen LogP contribution in [-0.4, -0.2) is 41.2 Å². The molecule has 2 heterocycles. The number of hydrogen-bond acceptors (Lipinski definition) is 4. The maximum atomic E-state index is 13.6. The highest BCUT2D eigenvalue weighted by atomic mass is 19.1. The number of fused-ring (bicyclic) bond motifs is 1. The molecule has 1 saturated heterocycles. The summed E-state index contributed by atoms with van der Waals surface area (Å²) in [6.07, 6.45) is 3.73. The van der Waals surface area contributed by atoms with E-state index in [2.05, 4.69) is 55.3 Å². The van der Waals surface area contributed by atoms with E-state index in [4.69, 9.17) is 0 Å². The molecule has 1 fully saturated rings. The molecule has 0 bridgehead atoms. The third-order valence-electron chi connectivity index (χ3n) is 6.81. The molecule has 4 rings (SSSR count). The maximum absolute atomic E-state index is 13.6. The number of nitrogens with zero attached hydrogens (tertiary/aromatic N) is 2. The monoisotopic (exact) mass is 422 g/mol. The number of likely N-dealkylation sites (tertiary alicyclic amines) is 1. The van der Waals surface area contributed by atoms with Crippen LogP contribution >= 0.6 is 0 Å². The van der Waals surface area contributed by atoms with Crippen molar-refractivity contribution in [1.82, 2.24) is 4.90 Å². The number of hydrogen-bond donors (Lipinski definition) is 2. The van der Waals surface area contributed by atoms with Gasteiger partial charge in [0, 0.05) is 34.7 Å². The van der Waals surface area contributed by atoms with Gasteiger partial charge < -0.3 is 10.6 Å². The lowest BCUT2D eigenvalue weighted by Gasteiger charge is -2.53. The average molecular weight is 423 g/mol. The number of aliphatic imine (C=N–C) groups is 1. The molecule has 1 amide bonds. The molecule has 5 nitrogen and oxygen atoms in total. The van der Waals surface area contributed by atoms with Crippen LogP contribution in [0.3, 0.4) is 0 Å². The van der Waals surface area contributed by atoms with Crippen LogP contribution in [0.15, 0.2) is 47.5 Å². The van der Waals surface area contributed by atoms with Gasteiger partial charge in [0.2, 0.25) is 5.91 Å². The summed E-state index contributed by atoms with van der Waals surface area (Å²) in [6.45, 7) is 9.18. The second-order valence-corrected chi connectivity index (χ2v) is 9.96. The highest BCUT2D eigenvalue weighted by Crippen LogP contribution is 2.38. The Bertz CT molecular complexity index is 995. The van der Waals surface area contributed by atoms with Crippen LogP contribution in [0.1, 0.15) is 52.0 Å². The van der Waals surface area contributed by atoms with Crippen molar-refractivity contribution in [2.75, 3.05) is 17.7 Å². The molecule has 2 aliphatic rings. The van der Waals surface area contributed by atoms with E-state index in [0.717, 1.165) is 24.2 Å². The Morgan fingerprint density at radius 3 is 2.39 bits per heavy atom. The van der Waals surface area contributed by atoms with Gasteiger partial charge >= 0.3 is 0 Å². The first kappa shape index (κ1) is 21.5. The van der Waals surface area contributed by atoms with Crippen LogP contribution in [-0.2, 0) is 4.79 Å². The highest BCUT2D eigenvalue weighted by molar-refractivity contribution is 6.12. The Morgan fingerprint density at radius 1 is 1.10 bits per heavy atom. The van der Waals surface area contributed by atoms with Gasteiger partial charge in [0.05, 0.1) is 5.69 Å². The zero-order valence-electron chi connectivity index (χ0n) is 18.9. The third kappa shape index (κ3) is 4.35. The lowest BCUT2D eigenvalue weighted by molar-refractivity contribution is -0.115. The molecule has 0 aliphatic carbocycles. The van der Waals surface area contributed by atoms with Crippen molar-refractivity contribution in [2.45, 2.75) is 63.6 Å². The van der Waals surface area contributed by atoms with Crippen LogP contribution in [0.4, 0.5) is 21.5 Å². The quantitative estimate of drug-likeness (QED) is 0.655. The molecule has 1 unspecified atom stereocenters. The van der Waals surface area contributed by atoms with Crippen molar-refractivity contribution in [3.63, 3.8) is 0 Å². The Labute approximate surface area is 183 Å². The van der Waals surface area contributed by atoms with Gasteiger partial charge in [-0.1, -0.05) is 0 Å². The Kier molecular flexibility index (Phi) is 5.38. The van der Waals surface area contributed by atoms with Gasteiger partial charge in [0.1, 0.15) is 11.7 Å². The van der Waals surface area contributed by atoms with Crippen molar-refractivity contribution in [2.24, 2.45) is 4.99 Å². The van der Waals surface area contributed by atoms with Crippen molar-refractivity contribution in [3.05, 3.63) is 53.8 Å². The molecular formula is C25H31FN4O. The number of rotatable bonds is 4. The summed E-state index contributed by atoms with van der Waals surface area (Å²) >= 11 is 0. The van der Waals surface area contributed by atoms with E-state index in [0.29, 0.717) is 17.3 Å². The molecule has 164 valence electrons. The number of anilines is 2. The third-order valence-corrected chi connectivity index (χ3v) is 6.81. The summed E-state index contributed by atoms with van der Waals surface area (Å²) < 4.78 is 13.6. The smallest absolute Gasteiger partial charge is 0.237 e. The molecule has 0 radical (unpaired) electrons. The fourth-order valence-corrected chi connectivity index (χ4v) is 4.92. The number of carbonyl (C=O) groups is 1. The number of nitrogens with one attached hydrogen (secondary N) is 2. The second-order valence-electron chi connectivity index (χ2n) is 9.96. The predicted molar refractivity (Wildman–Crippen MR) is 125 cm³/mol. The number of benzene rings is 2. The first-order valence-corrected chi connectivity index (χ1v) is 10.8. The number of carbonyl (C=O) groups excluding carboxylic acids is 1. The number of amides is 1. The van der Waals surface area contributed by atoms with Crippen molar-refractivity contribution < 1.29 is 9.18 Å². The molecule has 1 atom stereocenters. The molecule has 2 aromatic rings. The second kappa shape index (κ2) is 7.75. The van der Waals surface area contributed by atoms with Gasteiger partial charge in [-0.3, -0.25) is 14.7 Å². The molecular weight excluding hydrogens is 391 g/mol. The van der Waals surface area contributed by atoms with Crippen LogP contribution in [0.2, 0.25) is 0 Å². The first-order valence-electron chi connectivity index (χ1n) is 10.8. The van der Waals surface area contributed by atoms with E-state index in [1.165, 1.54) is 12.1 Å². The van der Waals surface area contributed by atoms with Crippen molar-refractivity contribution >= 4 is 29.2 Å². The van der Waals surface area contributed by atoms with Crippen molar-refractivity contribution in [1.29, 1.82) is 0 Å². The highest BCUT2D eigenvalue weighted by Gasteiger charge is 2.42. The summed E-state index contributed by atoms with van der Waals surface area (Å²) in [6, 6.07) is 12.6. The van der Waals surface area contributed by atoms with Crippen LogP contribution in [0.5, 0.6) is 0 Å². The predicted octanol–water partition coefficient (Wildman–Crippen LogP) is 5.33. The fourth-order valence-electron chi connectivity index (χ4n) is 4.92. The minimum absolute atomic E-state index is 0.126. The van der Waals surface area contributed by atoms with Crippen molar-refractivity contribution in [3.8, 4) is 0 Å². The molecule has 2 aromatic carbocycles. The summed E-state index contributed by atoms with van der Waals surface area (Å²) in [5.74, 6) is -1.12. The maximum Gasteiger partial charge on any atom is 0.237 e. The number of piperidine rings is 1.